The van der Waals surface area contributed by atoms with Crippen molar-refractivity contribution in [1.82, 2.24) is 5.32 Å². The predicted octanol–water partition coefficient (Wildman–Crippen LogP) is 0.749. The fourth-order valence-corrected chi connectivity index (χ4v) is 1.47. The molecule has 5 heteroatoms. The normalized spacial score (nSPS) is 13.9. The van der Waals surface area contributed by atoms with Gasteiger partial charge in [-0.3, -0.25) is 4.79 Å². The summed E-state index contributed by atoms with van der Waals surface area (Å²) in [5.41, 5.74) is 6.42. The average molecular weight is 232 g/mol. The minimum absolute atomic E-state index is 0.139. The number of anilines is 1. The average Bonchev–Trinajstić information content (AvgIpc) is 2.74. The van der Waals surface area contributed by atoms with Crippen LogP contribution in [0.3, 0.4) is 0 Å². The highest BCUT2D eigenvalue weighted by atomic mass is 16.7. The van der Waals surface area contributed by atoms with Crippen LogP contribution in [0.2, 0.25) is 0 Å². The van der Waals surface area contributed by atoms with E-state index in [-0.39, 0.29) is 18.7 Å². The number of nitrogens with two attached hydrogens (primary N) is 1. The molecule has 1 aliphatic rings. The Hall–Kier alpha value is -2.35. The molecule has 0 saturated carbocycles. The van der Waals surface area contributed by atoms with Crippen molar-refractivity contribution in [2.75, 3.05) is 12.5 Å². The Bertz CT molecular complexity index is 505. The van der Waals surface area contributed by atoms with Crippen LogP contribution in [0.25, 0.3) is 0 Å². The topological polar surface area (TPSA) is 73.6 Å². The summed E-state index contributed by atoms with van der Waals surface area (Å²) >= 11 is 0. The second-order valence-electron chi connectivity index (χ2n) is 3.65. The first kappa shape index (κ1) is 11.1. The quantitative estimate of drug-likeness (QED) is 0.583. The van der Waals surface area contributed by atoms with E-state index in [1.54, 1.807) is 19.1 Å². The molecule has 0 radical (unpaired) electrons. The summed E-state index contributed by atoms with van der Waals surface area (Å²) in [6, 6.07) is 2.76. The molecular formula is C12H12N2O3. The minimum atomic E-state index is -0.354. The van der Waals surface area contributed by atoms with E-state index in [9.17, 15) is 4.79 Å². The summed E-state index contributed by atoms with van der Waals surface area (Å²) in [6.07, 6.45) is 5.19. The molecule has 2 rings (SSSR count). The number of fused-ring (bicyclic) bond motifs is 1. The zero-order chi connectivity index (χ0) is 12.4. The summed E-state index contributed by atoms with van der Waals surface area (Å²) in [6.45, 7) is 1.85. The number of carbonyl (C=O) groups excluding carboxylic acids is 1. The molecule has 5 nitrogen and oxygen atoms in total. The maximum absolute atomic E-state index is 11.9. The Labute approximate surface area is 98.9 Å². The van der Waals surface area contributed by atoms with Crippen molar-refractivity contribution in [2.45, 2.75) is 13.0 Å². The van der Waals surface area contributed by atoms with Crippen molar-refractivity contribution >= 4 is 11.6 Å². The third-order valence-electron chi connectivity index (χ3n) is 2.39. The fraction of sp³-hybridized carbons (Fsp3) is 0.250. The highest BCUT2D eigenvalue weighted by molar-refractivity contribution is 6.00. The number of ether oxygens (including phenoxy) is 2. The first-order valence-electron chi connectivity index (χ1n) is 5.08. The van der Waals surface area contributed by atoms with Gasteiger partial charge in [-0.2, -0.15) is 0 Å². The Balaban J connectivity index is 2.27. The standard InChI is InChI=1S/C12H12N2O3/c1-3-7(2)14-12(15)8-4-10-11(5-9(8)13)17-6-16-10/h1,4-5,7H,6,13H2,2H3,(H,14,15). The first-order valence-corrected chi connectivity index (χ1v) is 5.08. The molecule has 1 atom stereocenters. The molecule has 1 aromatic rings. The highest BCUT2D eigenvalue weighted by Crippen LogP contribution is 2.35. The van der Waals surface area contributed by atoms with Crippen LogP contribution in [0.1, 0.15) is 17.3 Å². The maximum atomic E-state index is 11.9. The number of nitrogens with one attached hydrogen (secondary N) is 1. The summed E-state index contributed by atoms with van der Waals surface area (Å²) in [5.74, 6) is 3.14. The number of hydrogen-bond donors (Lipinski definition) is 2. The number of rotatable bonds is 2. The molecule has 0 aromatic heterocycles. The lowest BCUT2D eigenvalue weighted by molar-refractivity contribution is 0.0948. The molecule has 1 heterocycles. The van der Waals surface area contributed by atoms with Crippen LogP contribution in [0, 0.1) is 12.3 Å². The van der Waals surface area contributed by atoms with Gasteiger partial charge in [-0.1, -0.05) is 5.92 Å². The van der Waals surface area contributed by atoms with Gasteiger partial charge < -0.3 is 20.5 Å². The van der Waals surface area contributed by atoms with Gasteiger partial charge in [0.25, 0.3) is 5.91 Å². The molecule has 0 saturated heterocycles. The first-order chi connectivity index (χ1) is 8.11. The largest absolute Gasteiger partial charge is 0.454 e. The van der Waals surface area contributed by atoms with Gasteiger partial charge in [-0.05, 0) is 13.0 Å². The van der Waals surface area contributed by atoms with E-state index in [0.29, 0.717) is 22.7 Å². The van der Waals surface area contributed by atoms with E-state index in [2.05, 4.69) is 11.2 Å². The second kappa shape index (κ2) is 4.26. The Kier molecular flexibility index (Phi) is 2.79. The van der Waals surface area contributed by atoms with E-state index in [1.807, 2.05) is 0 Å². The van der Waals surface area contributed by atoms with Gasteiger partial charge in [0.05, 0.1) is 11.6 Å². The van der Waals surface area contributed by atoms with Gasteiger partial charge >= 0.3 is 0 Å². The van der Waals surface area contributed by atoms with Crippen molar-refractivity contribution in [3.05, 3.63) is 17.7 Å². The zero-order valence-electron chi connectivity index (χ0n) is 9.32. The van der Waals surface area contributed by atoms with Gasteiger partial charge in [0.15, 0.2) is 11.5 Å². The van der Waals surface area contributed by atoms with Gasteiger partial charge in [-0.15, -0.1) is 6.42 Å². The summed E-state index contributed by atoms with van der Waals surface area (Å²) in [5, 5.41) is 2.63. The van der Waals surface area contributed by atoms with Crippen molar-refractivity contribution < 1.29 is 14.3 Å². The van der Waals surface area contributed by atoms with Crippen LogP contribution in [-0.4, -0.2) is 18.7 Å². The molecule has 0 fully saturated rings. The number of hydrogen-bond acceptors (Lipinski definition) is 4. The summed E-state index contributed by atoms with van der Waals surface area (Å²) in [4.78, 5) is 11.9. The van der Waals surface area contributed by atoms with Gasteiger partial charge in [0, 0.05) is 11.8 Å². The molecule has 1 aromatic carbocycles. The third kappa shape index (κ3) is 2.11. The van der Waals surface area contributed by atoms with Crippen molar-refractivity contribution in [2.24, 2.45) is 0 Å². The number of terminal acetylenes is 1. The molecule has 88 valence electrons. The molecule has 0 spiro atoms. The summed E-state index contributed by atoms with van der Waals surface area (Å²) in [7, 11) is 0. The number of nitrogen functional groups attached to an aromatic ring is 1. The van der Waals surface area contributed by atoms with Crippen LogP contribution >= 0.6 is 0 Å². The van der Waals surface area contributed by atoms with Crippen LogP contribution in [0.15, 0.2) is 12.1 Å². The number of amides is 1. The SMILES string of the molecule is C#CC(C)NC(=O)c1cc2c(cc1N)OCO2. The van der Waals surface area contributed by atoms with Crippen LogP contribution < -0.4 is 20.5 Å². The van der Waals surface area contributed by atoms with E-state index in [4.69, 9.17) is 21.6 Å². The predicted molar refractivity (Wildman–Crippen MR) is 62.7 cm³/mol. The van der Waals surface area contributed by atoms with Crippen LogP contribution in [0.5, 0.6) is 11.5 Å². The van der Waals surface area contributed by atoms with Crippen molar-refractivity contribution in [1.29, 1.82) is 0 Å². The Morgan fingerprint density at radius 2 is 2.18 bits per heavy atom. The highest BCUT2D eigenvalue weighted by Gasteiger charge is 2.20. The lowest BCUT2D eigenvalue weighted by atomic mass is 10.1. The van der Waals surface area contributed by atoms with Gasteiger partial charge in [0.2, 0.25) is 6.79 Å². The third-order valence-corrected chi connectivity index (χ3v) is 2.39. The molecule has 0 aliphatic carbocycles. The van der Waals surface area contributed by atoms with Crippen LogP contribution in [0.4, 0.5) is 5.69 Å². The molecule has 17 heavy (non-hydrogen) atoms. The number of carbonyl (C=O) groups is 1. The lowest BCUT2D eigenvalue weighted by Crippen LogP contribution is -2.31. The molecule has 3 N–H and O–H groups in total. The fourth-order valence-electron chi connectivity index (χ4n) is 1.47. The zero-order valence-corrected chi connectivity index (χ0v) is 9.32. The maximum Gasteiger partial charge on any atom is 0.254 e. The van der Waals surface area contributed by atoms with E-state index in [1.165, 1.54) is 0 Å². The van der Waals surface area contributed by atoms with Gasteiger partial charge in [0.1, 0.15) is 0 Å². The molecule has 1 aliphatic heterocycles. The Morgan fingerprint density at radius 1 is 1.53 bits per heavy atom. The second-order valence-corrected chi connectivity index (χ2v) is 3.65. The van der Waals surface area contributed by atoms with Crippen molar-refractivity contribution in [3.63, 3.8) is 0 Å². The lowest BCUT2D eigenvalue weighted by Gasteiger charge is -2.10. The smallest absolute Gasteiger partial charge is 0.254 e. The summed E-state index contributed by atoms with van der Waals surface area (Å²) < 4.78 is 10.3. The van der Waals surface area contributed by atoms with Crippen LogP contribution in [-0.2, 0) is 0 Å². The minimum Gasteiger partial charge on any atom is -0.454 e. The van der Waals surface area contributed by atoms with Gasteiger partial charge in [-0.25, -0.2) is 0 Å². The van der Waals surface area contributed by atoms with E-state index in [0.717, 1.165) is 0 Å². The molecular weight excluding hydrogens is 220 g/mol. The monoisotopic (exact) mass is 232 g/mol. The number of benzene rings is 1. The molecule has 1 unspecified atom stereocenters. The molecule has 0 bridgehead atoms. The van der Waals surface area contributed by atoms with E-state index >= 15 is 0 Å². The Morgan fingerprint density at radius 3 is 2.82 bits per heavy atom. The van der Waals surface area contributed by atoms with E-state index < -0.39 is 0 Å². The van der Waals surface area contributed by atoms with Crippen molar-refractivity contribution in [3.8, 4) is 23.8 Å². The molecule has 1 amide bonds.